The molecule has 1 heterocycles. The second kappa shape index (κ2) is 7.97. The highest BCUT2D eigenvalue weighted by atomic mass is 16.5. The zero-order valence-corrected chi connectivity index (χ0v) is 14.7. The van der Waals surface area contributed by atoms with Gasteiger partial charge in [-0.05, 0) is 36.8 Å². The van der Waals surface area contributed by atoms with Gasteiger partial charge in [-0.1, -0.05) is 30.3 Å². The molecule has 2 aromatic rings. The highest BCUT2D eigenvalue weighted by Gasteiger charge is 2.24. The van der Waals surface area contributed by atoms with Crippen molar-refractivity contribution >= 4 is 10.8 Å². The standard InChI is InChI=1S/C20H28N2O2/c1-16-14-21(9-10-22(16)15-17(2)23)11-12-24-20-8-7-18-5-3-4-6-19(18)13-20/h3-8,13,16-17,23H,9-12,14-15H2,1-2H3/t16-,17+/m1/s1. The first-order valence-corrected chi connectivity index (χ1v) is 8.88. The molecule has 0 aromatic heterocycles. The van der Waals surface area contributed by atoms with E-state index < -0.39 is 0 Å². The van der Waals surface area contributed by atoms with Gasteiger partial charge in [0.2, 0.25) is 0 Å². The molecule has 0 aliphatic carbocycles. The van der Waals surface area contributed by atoms with E-state index in [-0.39, 0.29) is 6.10 Å². The van der Waals surface area contributed by atoms with Crippen molar-refractivity contribution in [3.05, 3.63) is 42.5 Å². The number of ether oxygens (including phenoxy) is 1. The molecule has 1 N–H and O–H groups in total. The van der Waals surface area contributed by atoms with Crippen molar-refractivity contribution in [1.29, 1.82) is 0 Å². The number of benzene rings is 2. The summed E-state index contributed by atoms with van der Waals surface area (Å²) < 4.78 is 5.95. The second-order valence-corrected chi connectivity index (χ2v) is 6.85. The number of β-amino-alcohol motifs (C(OH)–C–C–N with tert-alkyl or cyclic N) is 1. The monoisotopic (exact) mass is 328 g/mol. The predicted octanol–water partition coefficient (Wildman–Crippen LogP) is 2.61. The third-order valence-corrected chi connectivity index (χ3v) is 4.75. The van der Waals surface area contributed by atoms with E-state index in [2.05, 4.69) is 53.1 Å². The molecule has 3 rings (SSSR count). The van der Waals surface area contributed by atoms with E-state index in [4.69, 9.17) is 4.74 Å². The molecule has 4 nitrogen and oxygen atoms in total. The molecule has 0 saturated carbocycles. The SMILES string of the molecule is C[C@H](O)CN1CCN(CCOc2ccc3ccccc3c2)C[C@H]1C. The maximum atomic E-state index is 9.56. The van der Waals surface area contributed by atoms with Gasteiger partial charge in [0.1, 0.15) is 12.4 Å². The van der Waals surface area contributed by atoms with Gasteiger partial charge in [0.25, 0.3) is 0 Å². The minimum atomic E-state index is -0.254. The summed E-state index contributed by atoms with van der Waals surface area (Å²) in [4.78, 5) is 4.82. The van der Waals surface area contributed by atoms with Crippen LogP contribution in [0.3, 0.4) is 0 Å². The number of hydrogen-bond donors (Lipinski definition) is 1. The Morgan fingerprint density at radius 1 is 1.17 bits per heavy atom. The molecule has 0 bridgehead atoms. The van der Waals surface area contributed by atoms with Crippen molar-refractivity contribution in [1.82, 2.24) is 9.80 Å². The Kier molecular flexibility index (Phi) is 5.72. The van der Waals surface area contributed by atoms with Crippen molar-refractivity contribution in [2.45, 2.75) is 26.0 Å². The van der Waals surface area contributed by atoms with Gasteiger partial charge in [0, 0.05) is 38.8 Å². The summed E-state index contributed by atoms with van der Waals surface area (Å²) in [5, 5.41) is 12.0. The lowest BCUT2D eigenvalue weighted by molar-refractivity contribution is 0.0405. The van der Waals surface area contributed by atoms with Gasteiger partial charge in [0.15, 0.2) is 0 Å². The summed E-state index contributed by atoms with van der Waals surface area (Å²) >= 11 is 0. The fourth-order valence-corrected chi connectivity index (χ4v) is 3.43. The minimum absolute atomic E-state index is 0.254. The third-order valence-electron chi connectivity index (χ3n) is 4.75. The number of rotatable bonds is 6. The lowest BCUT2D eigenvalue weighted by Crippen LogP contribution is -2.54. The van der Waals surface area contributed by atoms with Gasteiger partial charge in [0.05, 0.1) is 6.10 Å². The van der Waals surface area contributed by atoms with Gasteiger partial charge < -0.3 is 9.84 Å². The van der Waals surface area contributed by atoms with E-state index in [1.165, 1.54) is 10.8 Å². The van der Waals surface area contributed by atoms with E-state index in [1.807, 2.05) is 13.0 Å². The highest BCUT2D eigenvalue weighted by molar-refractivity contribution is 5.83. The number of piperazine rings is 1. The molecule has 24 heavy (non-hydrogen) atoms. The van der Waals surface area contributed by atoms with Gasteiger partial charge in [-0.3, -0.25) is 9.80 Å². The van der Waals surface area contributed by atoms with Crippen LogP contribution in [-0.2, 0) is 0 Å². The molecule has 0 unspecified atom stereocenters. The summed E-state index contributed by atoms with van der Waals surface area (Å²) in [6.07, 6.45) is -0.254. The lowest BCUT2D eigenvalue weighted by Gasteiger charge is -2.40. The van der Waals surface area contributed by atoms with Crippen LogP contribution in [0.4, 0.5) is 0 Å². The smallest absolute Gasteiger partial charge is 0.120 e. The van der Waals surface area contributed by atoms with Crippen molar-refractivity contribution in [2.75, 3.05) is 39.3 Å². The van der Waals surface area contributed by atoms with Crippen LogP contribution in [-0.4, -0.2) is 66.4 Å². The molecule has 1 aliphatic rings. The largest absolute Gasteiger partial charge is 0.492 e. The molecule has 2 aromatic carbocycles. The molecule has 0 amide bonds. The summed E-state index contributed by atoms with van der Waals surface area (Å²) in [6, 6.07) is 15.1. The van der Waals surface area contributed by atoms with Gasteiger partial charge in [-0.2, -0.15) is 0 Å². The fraction of sp³-hybridized carbons (Fsp3) is 0.500. The molecule has 0 spiro atoms. The Labute approximate surface area is 144 Å². The number of nitrogens with zero attached hydrogens (tertiary/aromatic N) is 2. The van der Waals surface area contributed by atoms with Crippen LogP contribution in [0.1, 0.15) is 13.8 Å². The quantitative estimate of drug-likeness (QED) is 0.884. The maximum absolute atomic E-state index is 9.56. The summed E-state index contributed by atoms with van der Waals surface area (Å²) in [5.74, 6) is 0.939. The second-order valence-electron chi connectivity index (χ2n) is 6.85. The van der Waals surface area contributed by atoms with E-state index in [1.54, 1.807) is 0 Å². The van der Waals surface area contributed by atoms with Crippen LogP contribution in [0.2, 0.25) is 0 Å². The summed E-state index contributed by atoms with van der Waals surface area (Å²) in [6.45, 7) is 9.60. The molecule has 1 aliphatic heterocycles. The van der Waals surface area contributed by atoms with Crippen LogP contribution in [0.15, 0.2) is 42.5 Å². The normalized spacial score (nSPS) is 21.0. The Hall–Kier alpha value is -1.62. The summed E-state index contributed by atoms with van der Waals surface area (Å²) in [7, 11) is 0. The molecule has 0 radical (unpaired) electrons. The first-order chi connectivity index (χ1) is 11.6. The zero-order valence-electron chi connectivity index (χ0n) is 14.7. The Morgan fingerprint density at radius 3 is 2.71 bits per heavy atom. The van der Waals surface area contributed by atoms with Crippen molar-refractivity contribution in [2.24, 2.45) is 0 Å². The van der Waals surface area contributed by atoms with E-state index >= 15 is 0 Å². The first kappa shape index (κ1) is 17.2. The minimum Gasteiger partial charge on any atom is -0.492 e. The van der Waals surface area contributed by atoms with E-state index in [0.29, 0.717) is 12.6 Å². The third kappa shape index (κ3) is 4.47. The van der Waals surface area contributed by atoms with Crippen LogP contribution in [0.5, 0.6) is 5.75 Å². The van der Waals surface area contributed by atoms with Crippen molar-refractivity contribution in [3.63, 3.8) is 0 Å². The van der Waals surface area contributed by atoms with Crippen LogP contribution >= 0.6 is 0 Å². The molecule has 130 valence electrons. The van der Waals surface area contributed by atoms with Crippen LogP contribution in [0, 0.1) is 0 Å². The van der Waals surface area contributed by atoms with Crippen molar-refractivity contribution < 1.29 is 9.84 Å². The Morgan fingerprint density at radius 2 is 1.96 bits per heavy atom. The molecule has 2 atom stereocenters. The first-order valence-electron chi connectivity index (χ1n) is 8.88. The van der Waals surface area contributed by atoms with Crippen LogP contribution in [0.25, 0.3) is 10.8 Å². The number of aliphatic hydroxyl groups excluding tert-OH is 1. The number of fused-ring (bicyclic) bond motifs is 1. The maximum Gasteiger partial charge on any atom is 0.120 e. The molecular weight excluding hydrogens is 300 g/mol. The highest BCUT2D eigenvalue weighted by Crippen LogP contribution is 2.20. The zero-order chi connectivity index (χ0) is 16.9. The van der Waals surface area contributed by atoms with Gasteiger partial charge in [-0.25, -0.2) is 0 Å². The topological polar surface area (TPSA) is 35.9 Å². The average Bonchev–Trinajstić information content (AvgIpc) is 2.57. The van der Waals surface area contributed by atoms with E-state index in [0.717, 1.165) is 38.5 Å². The van der Waals surface area contributed by atoms with Crippen LogP contribution < -0.4 is 4.74 Å². The molecule has 1 fully saturated rings. The molecule has 4 heteroatoms. The average molecular weight is 328 g/mol. The summed E-state index contributed by atoms with van der Waals surface area (Å²) in [5.41, 5.74) is 0. The van der Waals surface area contributed by atoms with Gasteiger partial charge in [-0.15, -0.1) is 0 Å². The Balaban J connectivity index is 1.46. The number of hydrogen-bond acceptors (Lipinski definition) is 4. The molecule has 1 saturated heterocycles. The van der Waals surface area contributed by atoms with Crippen molar-refractivity contribution in [3.8, 4) is 5.75 Å². The van der Waals surface area contributed by atoms with E-state index in [9.17, 15) is 5.11 Å². The Bertz CT molecular complexity index is 659. The lowest BCUT2D eigenvalue weighted by atomic mass is 10.1. The van der Waals surface area contributed by atoms with Gasteiger partial charge >= 0.3 is 0 Å². The molecular formula is C20H28N2O2. The predicted molar refractivity (Wildman–Crippen MR) is 98.6 cm³/mol. The fourth-order valence-electron chi connectivity index (χ4n) is 3.43. The number of aliphatic hydroxyl groups is 1.